The highest BCUT2D eigenvalue weighted by atomic mass is 16.5. The second-order valence-electron chi connectivity index (χ2n) is 10.6. The van der Waals surface area contributed by atoms with Crippen molar-refractivity contribution in [1.82, 2.24) is 19.6 Å². The first-order chi connectivity index (χ1) is 19.1. The number of benzene rings is 2. The fourth-order valence-corrected chi connectivity index (χ4v) is 4.98. The van der Waals surface area contributed by atoms with Crippen LogP contribution >= 0.6 is 0 Å². The summed E-state index contributed by atoms with van der Waals surface area (Å²) in [6.45, 7) is 7.22. The highest BCUT2D eigenvalue weighted by Gasteiger charge is 2.34. The van der Waals surface area contributed by atoms with Crippen LogP contribution in [0.2, 0.25) is 0 Å². The predicted molar refractivity (Wildman–Crippen MR) is 153 cm³/mol. The second kappa shape index (κ2) is 12.5. The van der Waals surface area contributed by atoms with Gasteiger partial charge in [-0.15, -0.1) is 0 Å². The van der Waals surface area contributed by atoms with Gasteiger partial charge in [-0.05, 0) is 56.8 Å². The number of likely N-dealkylation sites (N-methyl/N-ethyl adjacent to an activating group) is 1. The van der Waals surface area contributed by atoms with Gasteiger partial charge in [0.25, 0.3) is 11.8 Å². The molecule has 4 rings (SSSR count). The van der Waals surface area contributed by atoms with E-state index in [1.165, 1.54) is 4.68 Å². The van der Waals surface area contributed by atoms with Gasteiger partial charge in [-0.1, -0.05) is 25.1 Å². The third kappa shape index (κ3) is 6.46. The van der Waals surface area contributed by atoms with Crippen molar-refractivity contribution in [2.75, 3.05) is 39.2 Å². The summed E-state index contributed by atoms with van der Waals surface area (Å²) in [5.74, 6) is 0.466. The standard InChI is InChI=1S/C30H39N5O5/c1-19-15-35(21(3)18-36)30(38)24-8-7-9-25(31-29(37)26-14-20(2)32-34(26)5)28(24)40-27(19)17-33(4)16-22-10-12-23(39-6)13-11-22/h7-14,19,21,27,36H,15-18H2,1-6H3,(H,31,37)/t19-,21+,27+/m0/s1. The quantitative estimate of drug-likeness (QED) is 0.421. The van der Waals surface area contributed by atoms with E-state index in [2.05, 4.69) is 15.3 Å². The molecule has 1 aliphatic rings. The molecule has 0 saturated carbocycles. The topological polar surface area (TPSA) is 109 Å². The van der Waals surface area contributed by atoms with Crippen molar-refractivity contribution >= 4 is 17.5 Å². The molecule has 10 heteroatoms. The number of aliphatic hydroxyl groups is 1. The summed E-state index contributed by atoms with van der Waals surface area (Å²) in [7, 11) is 5.38. The first kappa shape index (κ1) is 29.1. The molecule has 0 spiro atoms. The van der Waals surface area contributed by atoms with Gasteiger partial charge in [0.2, 0.25) is 0 Å². The van der Waals surface area contributed by atoms with Crippen LogP contribution in [-0.4, -0.2) is 82.5 Å². The average Bonchev–Trinajstić information content (AvgIpc) is 3.28. The van der Waals surface area contributed by atoms with Gasteiger partial charge >= 0.3 is 0 Å². The predicted octanol–water partition coefficient (Wildman–Crippen LogP) is 3.34. The summed E-state index contributed by atoms with van der Waals surface area (Å²) in [4.78, 5) is 30.8. The molecule has 2 heterocycles. The maximum Gasteiger partial charge on any atom is 0.274 e. The fourth-order valence-electron chi connectivity index (χ4n) is 4.98. The summed E-state index contributed by atoms with van der Waals surface area (Å²) in [6.07, 6.45) is -0.305. The van der Waals surface area contributed by atoms with Gasteiger partial charge in [0, 0.05) is 32.6 Å². The van der Waals surface area contributed by atoms with Crippen LogP contribution in [-0.2, 0) is 13.6 Å². The van der Waals surface area contributed by atoms with Crippen LogP contribution in [0.15, 0.2) is 48.5 Å². The Bertz CT molecular complexity index is 1340. The van der Waals surface area contributed by atoms with Crippen molar-refractivity contribution in [2.45, 2.75) is 39.5 Å². The van der Waals surface area contributed by atoms with Crippen LogP contribution in [0, 0.1) is 12.8 Å². The lowest BCUT2D eigenvalue weighted by Gasteiger charge is -2.38. The number of nitrogens with one attached hydrogen (secondary N) is 1. The Morgan fingerprint density at radius 3 is 2.62 bits per heavy atom. The largest absolute Gasteiger partial charge is 0.497 e. The van der Waals surface area contributed by atoms with Gasteiger partial charge in [0.05, 0.1) is 36.7 Å². The molecule has 2 N–H and O–H groups in total. The van der Waals surface area contributed by atoms with E-state index in [0.717, 1.165) is 17.0 Å². The number of fused-ring (bicyclic) bond motifs is 1. The van der Waals surface area contributed by atoms with Gasteiger partial charge in [0.15, 0.2) is 5.75 Å². The van der Waals surface area contributed by atoms with E-state index in [0.29, 0.717) is 42.3 Å². The number of para-hydroxylation sites is 1. The summed E-state index contributed by atoms with van der Waals surface area (Å²) in [5, 5.41) is 17.1. The van der Waals surface area contributed by atoms with Gasteiger partial charge in [-0.25, -0.2) is 0 Å². The molecule has 0 bridgehead atoms. The van der Waals surface area contributed by atoms with E-state index in [9.17, 15) is 14.7 Å². The number of anilines is 1. The lowest BCUT2D eigenvalue weighted by Crippen LogP contribution is -2.49. The third-order valence-electron chi connectivity index (χ3n) is 7.28. The number of carbonyl (C=O) groups excluding carboxylic acids is 2. The van der Waals surface area contributed by atoms with E-state index in [1.54, 1.807) is 43.3 Å². The maximum atomic E-state index is 13.7. The van der Waals surface area contributed by atoms with Gasteiger partial charge < -0.3 is 24.8 Å². The van der Waals surface area contributed by atoms with Crippen LogP contribution in [0.4, 0.5) is 5.69 Å². The molecular weight excluding hydrogens is 510 g/mol. The van der Waals surface area contributed by atoms with Crippen LogP contribution in [0.5, 0.6) is 11.5 Å². The summed E-state index contributed by atoms with van der Waals surface area (Å²) < 4.78 is 13.4. The lowest BCUT2D eigenvalue weighted by molar-refractivity contribution is 0.0343. The van der Waals surface area contributed by atoms with E-state index in [-0.39, 0.29) is 36.5 Å². The SMILES string of the molecule is COc1ccc(CN(C)C[C@H]2Oc3c(NC(=O)c4cc(C)nn4C)cccc3C(=O)N([C@H](C)CO)C[C@@H]2C)cc1. The summed E-state index contributed by atoms with van der Waals surface area (Å²) in [5.41, 5.74) is 3.00. The number of nitrogens with zero attached hydrogens (tertiary/aromatic N) is 4. The first-order valence-corrected chi connectivity index (χ1v) is 13.5. The molecule has 2 amide bonds. The summed E-state index contributed by atoms with van der Waals surface area (Å²) in [6, 6.07) is 14.4. The lowest BCUT2D eigenvalue weighted by atomic mass is 9.98. The number of aromatic nitrogens is 2. The molecule has 0 unspecified atom stereocenters. The molecule has 3 aromatic rings. The number of rotatable bonds is 9. The number of carbonyl (C=O) groups is 2. The highest BCUT2D eigenvalue weighted by molar-refractivity contribution is 6.06. The molecule has 214 valence electrons. The van der Waals surface area contributed by atoms with Crippen molar-refractivity contribution in [1.29, 1.82) is 0 Å². The van der Waals surface area contributed by atoms with Crippen molar-refractivity contribution in [3.63, 3.8) is 0 Å². The van der Waals surface area contributed by atoms with Crippen LogP contribution in [0.25, 0.3) is 0 Å². The van der Waals surface area contributed by atoms with Gasteiger partial charge in [-0.3, -0.25) is 19.2 Å². The Hall–Kier alpha value is -3.89. The number of aryl methyl sites for hydroxylation is 2. The zero-order valence-corrected chi connectivity index (χ0v) is 24.0. The van der Waals surface area contributed by atoms with E-state index in [4.69, 9.17) is 9.47 Å². The molecule has 0 saturated heterocycles. The minimum Gasteiger partial charge on any atom is -0.497 e. The number of hydrogen-bond acceptors (Lipinski definition) is 7. The molecular formula is C30H39N5O5. The van der Waals surface area contributed by atoms with Crippen molar-refractivity contribution in [2.24, 2.45) is 13.0 Å². The first-order valence-electron chi connectivity index (χ1n) is 13.5. The zero-order chi connectivity index (χ0) is 29.0. The number of ether oxygens (including phenoxy) is 2. The van der Waals surface area contributed by atoms with Gasteiger partial charge in [-0.2, -0.15) is 5.10 Å². The summed E-state index contributed by atoms with van der Waals surface area (Å²) >= 11 is 0. The van der Waals surface area contributed by atoms with Crippen molar-refractivity contribution in [3.05, 3.63) is 71.0 Å². The number of amides is 2. The van der Waals surface area contributed by atoms with Gasteiger partial charge in [0.1, 0.15) is 17.5 Å². The molecule has 40 heavy (non-hydrogen) atoms. The monoisotopic (exact) mass is 549 g/mol. The number of hydrogen-bond donors (Lipinski definition) is 2. The molecule has 0 aliphatic carbocycles. The van der Waals surface area contributed by atoms with Crippen molar-refractivity contribution in [3.8, 4) is 11.5 Å². The average molecular weight is 550 g/mol. The molecule has 0 radical (unpaired) electrons. The molecule has 1 aliphatic heterocycles. The number of aliphatic hydroxyl groups excluding tert-OH is 1. The van der Waals surface area contributed by atoms with Crippen LogP contribution in [0.1, 0.15) is 46.0 Å². The van der Waals surface area contributed by atoms with Crippen molar-refractivity contribution < 1.29 is 24.2 Å². The molecule has 1 aromatic heterocycles. The minimum absolute atomic E-state index is 0.0621. The normalized spacial score (nSPS) is 18.0. The van der Waals surface area contributed by atoms with E-state index < -0.39 is 0 Å². The Labute approximate surface area is 235 Å². The Balaban J connectivity index is 1.65. The third-order valence-corrected chi connectivity index (χ3v) is 7.28. The van der Waals surface area contributed by atoms with Crippen LogP contribution < -0.4 is 14.8 Å². The Morgan fingerprint density at radius 1 is 1.27 bits per heavy atom. The maximum absolute atomic E-state index is 13.7. The van der Waals surface area contributed by atoms with E-state index >= 15 is 0 Å². The smallest absolute Gasteiger partial charge is 0.274 e. The zero-order valence-electron chi connectivity index (χ0n) is 24.0. The molecule has 3 atom stereocenters. The second-order valence-corrected chi connectivity index (χ2v) is 10.6. The number of methoxy groups -OCH3 is 1. The van der Waals surface area contributed by atoms with Crippen LogP contribution in [0.3, 0.4) is 0 Å². The Morgan fingerprint density at radius 2 is 2.00 bits per heavy atom. The molecule has 2 aromatic carbocycles. The Kier molecular flexibility index (Phi) is 9.11. The highest BCUT2D eigenvalue weighted by Crippen LogP contribution is 2.35. The fraction of sp³-hybridized carbons (Fsp3) is 0.433. The molecule has 10 nitrogen and oxygen atoms in total. The minimum atomic E-state index is -0.380. The van der Waals surface area contributed by atoms with E-state index in [1.807, 2.05) is 52.1 Å². The molecule has 0 fully saturated rings.